The molecular formula is C20H23FN6O. The van der Waals surface area contributed by atoms with Gasteiger partial charge in [0.2, 0.25) is 5.91 Å². The van der Waals surface area contributed by atoms with Gasteiger partial charge in [0.1, 0.15) is 5.52 Å². The third-order valence-electron chi connectivity index (χ3n) is 5.20. The van der Waals surface area contributed by atoms with E-state index in [2.05, 4.69) is 34.4 Å². The fourth-order valence-corrected chi connectivity index (χ4v) is 3.69. The molecule has 0 spiro atoms. The molecule has 3 heterocycles. The molecule has 1 amide bonds. The maximum Gasteiger partial charge on any atom is 0.224 e. The number of hydrogen-bond acceptors (Lipinski definition) is 4. The minimum atomic E-state index is -0.305. The van der Waals surface area contributed by atoms with Crippen molar-refractivity contribution >= 4 is 22.4 Å². The molecule has 146 valence electrons. The zero-order chi connectivity index (χ0) is 19.7. The molecular weight excluding hydrogens is 359 g/mol. The number of nitrogens with zero attached hydrogens (tertiary/aromatic N) is 5. The monoisotopic (exact) mass is 382 g/mol. The first-order valence-electron chi connectivity index (χ1n) is 9.51. The van der Waals surface area contributed by atoms with Crippen LogP contribution in [0.1, 0.15) is 43.7 Å². The number of aromatic nitrogens is 5. The highest BCUT2D eigenvalue weighted by Crippen LogP contribution is 2.33. The van der Waals surface area contributed by atoms with Crippen molar-refractivity contribution in [2.24, 2.45) is 0 Å². The van der Waals surface area contributed by atoms with Gasteiger partial charge in [-0.25, -0.2) is 4.39 Å². The summed E-state index contributed by atoms with van der Waals surface area (Å²) in [6, 6.07) is 1.91. The highest BCUT2D eigenvalue weighted by Gasteiger charge is 2.23. The Labute approximate surface area is 162 Å². The summed E-state index contributed by atoms with van der Waals surface area (Å²) in [6.45, 7) is 5.70. The molecule has 2 aromatic heterocycles. The van der Waals surface area contributed by atoms with Crippen LogP contribution < -0.4 is 0 Å². The lowest BCUT2D eigenvalue weighted by Crippen LogP contribution is -2.36. The lowest BCUT2D eigenvalue weighted by Gasteiger charge is -2.28. The van der Waals surface area contributed by atoms with Gasteiger partial charge in [0.05, 0.1) is 18.9 Å². The molecule has 28 heavy (non-hydrogen) atoms. The van der Waals surface area contributed by atoms with Crippen LogP contribution in [-0.4, -0.2) is 49.1 Å². The first-order valence-corrected chi connectivity index (χ1v) is 9.51. The van der Waals surface area contributed by atoms with Crippen LogP contribution in [0.5, 0.6) is 0 Å². The van der Waals surface area contributed by atoms with Crippen LogP contribution in [-0.2, 0) is 11.3 Å². The van der Waals surface area contributed by atoms with Crippen LogP contribution in [0, 0.1) is 5.82 Å². The lowest BCUT2D eigenvalue weighted by molar-refractivity contribution is -0.131. The van der Waals surface area contributed by atoms with Crippen molar-refractivity contribution in [2.75, 3.05) is 13.1 Å². The summed E-state index contributed by atoms with van der Waals surface area (Å²) in [5.74, 6) is -0.0303. The van der Waals surface area contributed by atoms with Crippen LogP contribution in [0.2, 0.25) is 0 Å². The molecule has 1 N–H and O–H groups in total. The quantitative estimate of drug-likeness (QED) is 0.735. The first-order chi connectivity index (χ1) is 13.5. The van der Waals surface area contributed by atoms with E-state index in [1.807, 2.05) is 12.1 Å². The standard InChI is InChI=1S/C20H23FN6O/c1-13(2)15-10-16(19(21)20-17(15)11-23-24-20)14-4-3-7-26(12-14)18(28)5-8-27-9-6-22-25-27/h4,6,9-11,13H,3,5,7-8,12H2,1-2H3,(H,23,24). The number of fused-ring (bicyclic) bond motifs is 1. The van der Waals surface area contributed by atoms with Crippen LogP contribution in [0.4, 0.5) is 4.39 Å². The van der Waals surface area contributed by atoms with E-state index in [1.54, 1.807) is 28.2 Å². The van der Waals surface area contributed by atoms with Crippen molar-refractivity contribution in [3.8, 4) is 0 Å². The molecule has 0 saturated heterocycles. The predicted octanol–water partition coefficient (Wildman–Crippen LogP) is 3.12. The highest BCUT2D eigenvalue weighted by atomic mass is 19.1. The highest BCUT2D eigenvalue weighted by molar-refractivity contribution is 5.88. The lowest BCUT2D eigenvalue weighted by atomic mass is 9.92. The predicted molar refractivity (Wildman–Crippen MR) is 104 cm³/mol. The maximum absolute atomic E-state index is 15.2. The molecule has 8 heteroatoms. The Morgan fingerprint density at radius 3 is 3.00 bits per heavy atom. The Kier molecular flexibility index (Phi) is 4.93. The number of aromatic amines is 1. The molecule has 7 nitrogen and oxygen atoms in total. The summed E-state index contributed by atoms with van der Waals surface area (Å²) in [5.41, 5.74) is 2.87. The molecule has 1 aromatic carbocycles. The van der Waals surface area contributed by atoms with E-state index in [9.17, 15) is 4.79 Å². The molecule has 0 radical (unpaired) electrons. The number of rotatable bonds is 5. The Hall–Kier alpha value is -3.03. The summed E-state index contributed by atoms with van der Waals surface area (Å²) in [7, 11) is 0. The molecule has 1 aliphatic rings. The summed E-state index contributed by atoms with van der Waals surface area (Å²) in [5, 5.41) is 15.2. The second-order valence-corrected chi connectivity index (χ2v) is 7.39. The van der Waals surface area contributed by atoms with Crippen LogP contribution >= 0.6 is 0 Å². The minimum absolute atomic E-state index is 0.0354. The van der Waals surface area contributed by atoms with Gasteiger partial charge in [-0.05, 0) is 29.5 Å². The average Bonchev–Trinajstić information content (AvgIpc) is 3.38. The van der Waals surface area contributed by atoms with Crippen molar-refractivity contribution in [3.05, 3.63) is 47.7 Å². The minimum Gasteiger partial charge on any atom is -0.338 e. The molecule has 3 aromatic rings. The van der Waals surface area contributed by atoms with Crippen molar-refractivity contribution in [1.82, 2.24) is 30.1 Å². The van der Waals surface area contributed by atoms with Crippen molar-refractivity contribution in [1.29, 1.82) is 0 Å². The molecule has 0 fully saturated rings. The van der Waals surface area contributed by atoms with Gasteiger partial charge < -0.3 is 4.90 Å². The summed E-state index contributed by atoms with van der Waals surface area (Å²) < 4.78 is 16.8. The zero-order valence-electron chi connectivity index (χ0n) is 16.0. The van der Waals surface area contributed by atoms with Crippen molar-refractivity contribution in [3.63, 3.8) is 0 Å². The number of halogens is 1. The van der Waals surface area contributed by atoms with E-state index >= 15 is 4.39 Å². The van der Waals surface area contributed by atoms with Gasteiger partial charge >= 0.3 is 0 Å². The third-order valence-corrected chi connectivity index (χ3v) is 5.20. The number of hydrogen-bond donors (Lipinski definition) is 1. The van der Waals surface area contributed by atoms with Gasteiger partial charge in [-0.15, -0.1) is 5.10 Å². The van der Waals surface area contributed by atoms with Gasteiger partial charge in [-0.1, -0.05) is 25.1 Å². The number of amides is 1. The van der Waals surface area contributed by atoms with E-state index in [-0.39, 0.29) is 17.6 Å². The largest absolute Gasteiger partial charge is 0.338 e. The summed E-state index contributed by atoms with van der Waals surface area (Å²) in [6.07, 6.45) is 8.08. The van der Waals surface area contributed by atoms with Crippen LogP contribution in [0.25, 0.3) is 16.5 Å². The molecule has 0 unspecified atom stereocenters. The third kappa shape index (κ3) is 3.42. The fraction of sp³-hybridized carbons (Fsp3) is 0.400. The summed E-state index contributed by atoms with van der Waals surface area (Å²) >= 11 is 0. The fourth-order valence-electron chi connectivity index (χ4n) is 3.69. The smallest absolute Gasteiger partial charge is 0.224 e. The Bertz CT molecular complexity index is 1020. The van der Waals surface area contributed by atoms with Crippen LogP contribution in [0.15, 0.2) is 30.7 Å². The second kappa shape index (κ2) is 7.53. The number of carbonyl (C=O) groups excluding carboxylic acids is 1. The number of benzene rings is 1. The van der Waals surface area contributed by atoms with E-state index in [4.69, 9.17) is 0 Å². The molecule has 0 atom stereocenters. The maximum atomic E-state index is 15.2. The SMILES string of the molecule is CC(C)c1cc(C2=CCCN(C(=O)CCn3ccnn3)C2)c(F)c2[nH]ncc12. The molecule has 0 saturated carbocycles. The van der Waals surface area contributed by atoms with Gasteiger partial charge in [-0.2, -0.15) is 5.10 Å². The van der Waals surface area contributed by atoms with E-state index in [1.165, 1.54) is 0 Å². The normalized spacial score (nSPS) is 14.7. The van der Waals surface area contributed by atoms with Gasteiger partial charge in [0, 0.05) is 36.7 Å². The number of aryl methyl sites for hydroxylation is 1. The first kappa shape index (κ1) is 18.3. The van der Waals surface area contributed by atoms with Crippen LogP contribution in [0.3, 0.4) is 0 Å². The van der Waals surface area contributed by atoms with Gasteiger partial charge in [0.15, 0.2) is 5.82 Å². The van der Waals surface area contributed by atoms with E-state index in [0.717, 1.165) is 16.5 Å². The van der Waals surface area contributed by atoms with Crippen molar-refractivity contribution in [2.45, 2.75) is 39.2 Å². The van der Waals surface area contributed by atoms with Gasteiger partial charge in [-0.3, -0.25) is 14.6 Å². The Morgan fingerprint density at radius 1 is 1.39 bits per heavy atom. The number of H-pyrrole nitrogens is 1. The summed E-state index contributed by atoms with van der Waals surface area (Å²) in [4.78, 5) is 14.4. The number of nitrogens with one attached hydrogen (secondary N) is 1. The Morgan fingerprint density at radius 2 is 2.25 bits per heavy atom. The average molecular weight is 382 g/mol. The zero-order valence-corrected chi connectivity index (χ0v) is 16.0. The molecule has 0 bridgehead atoms. The molecule has 0 aliphatic carbocycles. The Balaban J connectivity index is 1.57. The number of carbonyl (C=O) groups is 1. The van der Waals surface area contributed by atoms with E-state index < -0.39 is 0 Å². The second-order valence-electron chi connectivity index (χ2n) is 7.39. The topological polar surface area (TPSA) is 79.7 Å². The van der Waals surface area contributed by atoms with Crippen molar-refractivity contribution < 1.29 is 9.18 Å². The van der Waals surface area contributed by atoms with E-state index in [0.29, 0.717) is 43.6 Å². The van der Waals surface area contributed by atoms with Gasteiger partial charge in [0.25, 0.3) is 0 Å². The molecule has 4 rings (SSSR count). The molecule has 1 aliphatic heterocycles.